The predicted molar refractivity (Wildman–Crippen MR) is 55.1 cm³/mol. The van der Waals surface area contributed by atoms with Crippen LogP contribution in [-0.2, 0) is 9.53 Å². The second-order valence-corrected chi connectivity index (χ2v) is 5.01. The van der Waals surface area contributed by atoms with Gasteiger partial charge in [-0.1, -0.05) is 6.92 Å². The third-order valence-electron chi connectivity index (χ3n) is 3.67. The lowest BCUT2D eigenvalue weighted by atomic mass is 9.77. The highest BCUT2D eigenvalue weighted by molar-refractivity contribution is 5.81. The Hall–Kier alpha value is -0.370. The largest absolute Gasteiger partial charge is 0.381 e. The van der Waals surface area contributed by atoms with E-state index >= 15 is 0 Å². The number of carbonyl (C=O) groups is 1. The lowest BCUT2D eigenvalue weighted by Crippen LogP contribution is -2.25. The summed E-state index contributed by atoms with van der Waals surface area (Å²) < 4.78 is 5.35. The molecule has 2 rings (SSSR count). The van der Waals surface area contributed by atoms with Crippen LogP contribution in [0.5, 0.6) is 0 Å². The summed E-state index contributed by atoms with van der Waals surface area (Å²) in [6, 6.07) is 0. The maximum atomic E-state index is 11.7. The second-order valence-electron chi connectivity index (χ2n) is 5.01. The summed E-state index contributed by atoms with van der Waals surface area (Å²) in [4.78, 5) is 11.7. The second kappa shape index (κ2) is 4.43. The molecule has 0 amide bonds. The maximum absolute atomic E-state index is 11.7. The highest BCUT2D eigenvalue weighted by atomic mass is 16.5. The van der Waals surface area contributed by atoms with E-state index in [4.69, 9.17) is 4.74 Å². The van der Waals surface area contributed by atoms with Crippen molar-refractivity contribution in [2.24, 2.45) is 17.8 Å². The molecular formula is C12H20O2. The zero-order valence-electron chi connectivity index (χ0n) is 9.00. The Morgan fingerprint density at radius 2 is 2.29 bits per heavy atom. The quantitative estimate of drug-likeness (QED) is 0.678. The number of rotatable bonds is 2. The minimum atomic E-state index is 0.352. The molecule has 0 aromatic heterocycles. The molecule has 2 fully saturated rings. The van der Waals surface area contributed by atoms with Crippen LogP contribution in [0.1, 0.15) is 39.0 Å². The molecule has 14 heavy (non-hydrogen) atoms. The first kappa shape index (κ1) is 10.2. The minimum absolute atomic E-state index is 0.352. The molecule has 2 heteroatoms. The molecule has 2 aliphatic rings. The molecule has 3 unspecified atom stereocenters. The van der Waals surface area contributed by atoms with E-state index in [1.807, 2.05) is 0 Å². The van der Waals surface area contributed by atoms with Gasteiger partial charge in [0.2, 0.25) is 0 Å². The zero-order valence-corrected chi connectivity index (χ0v) is 9.00. The number of Topliss-reactive ketones (excluding diaryl/α,β-unsaturated/α-hetero) is 1. The van der Waals surface area contributed by atoms with Crippen LogP contribution in [0.3, 0.4) is 0 Å². The fraction of sp³-hybridized carbons (Fsp3) is 0.917. The van der Waals surface area contributed by atoms with Crippen LogP contribution in [0, 0.1) is 17.8 Å². The van der Waals surface area contributed by atoms with Gasteiger partial charge in [-0.25, -0.2) is 0 Å². The van der Waals surface area contributed by atoms with Crippen LogP contribution < -0.4 is 0 Å². The Balaban J connectivity index is 1.85. The van der Waals surface area contributed by atoms with Crippen LogP contribution in [0.2, 0.25) is 0 Å². The van der Waals surface area contributed by atoms with Crippen molar-refractivity contribution in [3.63, 3.8) is 0 Å². The van der Waals surface area contributed by atoms with Gasteiger partial charge in [0.15, 0.2) is 0 Å². The smallest absolute Gasteiger partial charge is 0.136 e. The molecule has 0 bridgehead atoms. The summed E-state index contributed by atoms with van der Waals surface area (Å²) in [6.45, 7) is 4.06. The summed E-state index contributed by atoms with van der Waals surface area (Å²) in [7, 11) is 0. The number of hydrogen-bond donors (Lipinski definition) is 0. The SMILES string of the molecule is CC1CCC(=O)C(CC2CCOC2)C1. The minimum Gasteiger partial charge on any atom is -0.381 e. The van der Waals surface area contributed by atoms with Crippen molar-refractivity contribution in [3.8, 4) is 0 Å². The van der Waals surface area contributed by atoms with Crippen molar-refractivity contribution in [2.45, 2.75) is 39.0 Å². The van der Waals surface area contributed by atoms with E-state index in [-0.39, 0.29) is 0 Å². The highest BCUT2D eigenvalue weighted by Crippen LogP contribution is 2.32. The molecular weight excluding hydrogens is 176 g/mol. The Labute approximate surface area is 86.0 Å². The third-order valence-corrected chi connectivity index (χ3v) is 3.67. The van der Waals surface area contributed by atoms with Crippen molar-refractivity contribution >= 4 is 5.78 Å². The van der Waals surface area contributed by atoms with Crippen molar-refractivity contribution in [2.75, 3.05) is 13.2 Å². The summed E-state index contributed by atoms with van der Waals surface area (Å²) in [5.74, 6) is 2.27. The monoisotopic (exact) mass is 196 g/mol. The molecule has 1 aliphatic carbocycles. The molecule has 1 aliphatic heterocycles. The van der Waals surface area contributed by atoms with Gasteiger partial charge in [0.05, 0.1) is 0 Å². The Kier molecular flexibility index (Phi) is 3.22. The fourth-order valence-electron chi connectivity index (χ4n) is 2.73. The number of carbonyl (C=O) groups excluding carboxylic acids is 1. The van der Waals surface area contributed by atoms with Crippen LogP contribution in [0.4, 0.5) is 0 Å². The summed E-state index contributed by atoms with van der Waals surface area (Å²) in [6.07, 6.45) is 5.30. The standard InChI is InChI=1S/C12H20O2/c1-9-2-3-12(13)11(6-9)7-10-4-5-14-8-10/h9-11H,2-8H2,1H3. The summed E-state index contributed by atoms with van der Waals surface area (Å²) in [5.41, 5.74) is 0. The van der Waals surface area contributed by atoms with E-state index in [0.29, 0.717) is 17.6 Å². The molecule has 1 saturated heterocycles. The summed E-state index contributed by atoms with van der Waals surface area (Å²) in [5, 5.41) is 0. The highest BCUT2D eigenvalue weighted by Gasteiger charge is 2.29. The zero-order chi connectivity index (χ0) is 9.97. The lowest BCUT2D eigenvalue weighted by molar-refractivity contribution is -0.126. The lowest BCUT2D eigenvalue weighted by Gasteiger charge is -2.27. The van der Waals surface area contributed by atoms with E-state index < -0.39 is 0 Å². The molecule has 1 heterocycles. The van der Waals surface area contributed by atoms with Crippen LogP contribution in [0.25, 0.3) is 0 Å². The van der Waals surface area contributed by atoms with Gasteiger partial charge in [-0.05, 0) is 37.5 Å². The van der Waals surface area contributed by atoms with Crippen molar-refractivity contribution < 1.29 is 9.53 Å². The van der Waals surface area contributed by atoms with Gasteiger partial charge < -0.3 is 4.74 Å². The van der Waals surface area contributed by atoms with Gasteiger partial charge in [-0.15, -0.1) is 0 Å². The molecule has 3 atom stereocenters. The van der Waals surface area contributed by atoms with Gasteiger partial charge in [-0.2, -0.15) is 0 Å². The molecule has 0 aromatic carbocycles. The van der Waals surface area contributed by atoms with E-state index in [0.717, 1.165) is 51.2 Å². The van der Waals surface area contributed by atoms with Crippen LogP contribution in [0.15, 0.2) is 0 Å². The van der Waals surface area contributed by atoms with E-state index in [2.05, 4.69) is 6.92 Å². The fourth-order valence-corrected chi connectivity index (χ4v) is 2.73. The molecule has 0 radical (unpaired) electrons. The first-order chi connectivity index (χ1) is 6.75. The van der Waals surface area contributed by atoms with Crippen molar-refractivity contribution in [1.29, 1.82) is 0 Å². The van der Waals surface area contributed by atoms with Gasteiger partial charge >= 0.3 is 0 Å². The van der Waals surface area contributed by atoms with Crippen LogP contribution >= 0.6 is 0 Å². The predicted octanol–water partition coefficient (Wildman–Crippen LogP) is 2.42. The average Bonchev–Trinajstić information content (AvgIpc) is 2.64. The molecule has 2 nitrogen and oxygen atoms in total. The van der Waals surface area contributed by atoms with Gasteiger partial charge in [0, 0.05) is 25.6 Å². The molecule has 0 spiro atoms. The third kappa shape index (κ3) is 2.35. The van der Waals surface area contributed by atoms with E-state index in [1.54, 1.807) is 0 Å². The van der Waals surface area contributed by atoms with Gasteiger partial charge in [-0.3, -0.25) is 4.79 Å². The van der Waals surface area contributed by atoms with Crippen molar-refractivity contribution in [1.82, 2.24) is 0 Å². The number of ether oxygens (including phenoxy) is 1. The number of ketones is 1. The van der Waals surface area contributed by atoms with E-state index in [1.165, 1.54) is 0 Å². The first-order valence-corrected chi connectivity index (χ1v) is 5.86. The molecule has 0 aromatic rings. The Bertz CT molecular complexity index is 206. The van der Waals surface area contributed by atoms with Gasteiger partial charge in [0.1, 0.15) is 5.78 Å². The summed E-state index contributed by atoms with van der Waals surface area (Å²) >= 11 is 0. The van der Waals surface area contributed by atoms with Crippen LogP contribution in [-0.4, -0.2) is 19.0 Å². The normalized spacial score (nSPS) is 38.9. The maximum Gasteiger partial charge on any atom is 0.136 e. The molecule has 1 saturated carbocycles. The molecule has 0 N–H and O–H groups in total. The Morgan fingerprint density at radius 1 is 1.43 bits per heavy atom. The van der Waals surface area contributed by atoms with E-state index in [9.17, 15) is 4.79 Å². The average molecular weight is 196 g/mol. The number of hydrogen-bond acceptors (Lipinski definition) is 2. The molecule has 80 valence electrons. The Morgan fingerprint density at radius 3 is 3.00 bits per heavy atom. The van der Waals surface area contributed by atoms with Crippen molar-refractivity contribution in [3.05, 3.63) is 0 Å². The topological polar surface area (TPSA) is 26.3 Å². The van der Waals surface area contributed by atoms with Gasteiger partial charge in [0.25, 0.3) is 0 Å². The first-order valence-electron chi connectivity index (χ1n) is 5.86.